The van der Waals surface area contributed by atoms with Gasteiger partial charge in [-0.05, 0) is 121 Å². The highest BCUT2D eigenvalue weighted by Crippen LogP contribution is 2.47. The highest BCUT2D eigenvalue weighted by Gasteiger charge is 2.26. The molecule has 10 aromatic carbocycles. The molecule has 0 saturated carbocycles. The van der Waals surface area contributed by atoms with E-state index in [0.29, 0.717) is 11.4 Å². The van der Waals surface area contributed by atoms with E-state index in [4.69, 9.17) is 14.4 Å². The number of benzene rings is 10. The molecule has 72 heavy (non-hydrogen) atoms. The Morgan fingerprint density at radius 2 is 0.889 bits per heavy atom. The van der Waals surface area contributed by atoms with Crippen molar-refractivity contribution in [3.63, 3.8) is 0 Å². The minimum Gasteiger partial charge on any atom is -0.452 e. The zero-order valence-corrected chi connectivity index (χ0v) is 40.1. The summed E-state index contributed by atoms with van der Waals surface area (Å²) in [7, 11) is 0. The maximum atomic E-state index is 6.77. The van der Waals surface area contributed by atoms with Gasteiger partial charge < -0.3 is 13.6 Å². The third-order valence-electron chi connectivity index (χ3n) is 14.6. The third-order valence-corrected chi connectivity index (χ3v) is 14.6. The maximum Gasteiger partial charge on any atom is 0.180 e. The first-order chi connectivity index (χ1) is 35.4. The summed E-state index contributed by atoms with van der Waals surface area (Å²) in [6.45, 7) is 6.66. The number of hydrogen-bond acceptors (Lipinski definition) is 3. The fraction of sp³-hybridized carbons (Fsp3) is 0.0448. The van der Waals surface area contributed by atoms with Gasteiger partial charge in [-0.15, -0.1) is 0 Å². The molecule has 0 amide bonds. The van der Waals surface area contributed by atoms with Gasteiger partial charge in [-0.1, -0.05) is 163 Å². The van der Waals surface area contributed by atoms with Gasteiger partial charge in [-0.3, -0.25) is 0 Å². The molecule has 0 aliphatic carbocycles. The molecule has 0 fully saturated rings. The number of rotatable bonds is 7. The molecule has 14 rings (SSSR count). The number of para-hydroxylation sites is 3. The van der Waals surface area contributed by atoms with Gasteiger partial charge in [0.2, 0.25) is 0 Å². The van der Waals surface area contributed by atoms with Crippen LogP contribution in [0.5, 0.6) is 0 Å². The van der Waals surface area contributed by atoms with Crippen molar-refractivity contribution < 1.29 is 4.42 Å². The molecule has 0 aliphatic rings. The first-order valence-electron chi connectivity index (χ1n) is 24.6. The fourth-order valence-corrected chi connectivity index (χ4v) is 11.6. The number of furan rings is 1. The van der Waals surface area contributed by atoms with E-state index in [1.165, 1.54) is 60.4 Å². The summed E-state index contributed by atoms with van der Waals surface area (Å²) in [5.41, 5.74) is 22.2. The molecule has 0 bridgehead atoms. The molecule has 4 heterocycles. The minimum absolute atomic E-state index is 0.646. The van der Waals surface area contributed by atoms with Gasteiger partial charge in [-0.2, -0.15) is 0 Å². The van der Waals surface area contributed by atoms with E-state index in [-0.39, 0.29) is 0 Å². The molecule has 0 N–H and O–H groups in total. The van der Waals surface area contributed by atoms with E-state index in [1.54, 1.807) is 0 Å². The number of nitrogens with zero attached hydrogens (tertiary/aromatic N) is 4. The first-order valence-corrected chi connectivity index (χ1v) is 24.6. The molecule has 0 radical (unpaired) electrons. The van der Waals surface area contributed by atoms with Crippen molar-refractivity contribution in [1.29, 1.82) is 0 Å². The molecule has 0 aliphatic heterocycles. The number of hydrogen-bond donors (Lipinski definition) is 0. The van der Waals surface area contributed by atoms with Crippen molar-refractivity contribution in [1.82, 2.24) is 19.1 Å². The zero-order valence-electron chi connectivity index (χ0n) is 40.1. The lowest BCUT2D eigenvalue weighted by atomic mass is 9.91. The molecule has 5 heteroatoms. The Bertz CT molecular complexity index is 4330. The lowest BCUT2D eigenvalue weighted by molar-refractivity contribution is 0.667. The van der Waals surface area contributed by atoms with Gasteiger partial charge in [-0.25, -0.2) is 9.97 Å². The standard InChI is InChI=1S/C67H46N4O/c1-41-35-42(2)62(43(3)36-41)47-31-33-59-55(37-47)56-40-49(70-57-28-16-13-25-50(57)51-26-14-17-29-58(51)70)32-34-60(56)71(59)65-53(44-19-7-4-8-20-44)38-48(39-54(65)45-21-9-5-10-22-45)63-66-64(52-27-15-18-30-61(52)72-66)69-67(68-63)46-23-11-6-12-24-46/h4-40H,1-3H3. The smallest absolute Gasteiger partial charge is 0.180 e. The summed E-state index contributed by atoms with van der Waals surface area (Å²) >= 11 is 0. The predicted molar refractivity (Wildman–Crippen MR) is 299 cm³/mol. The summed E-state index contributed by atoms with van der Waals surface area (Å²) < 4.78 is 11.7. The van der Waals surface area contributed by atoms with Gasteiger partial charge in [0.15, 0.2) is 11.4 Å². The molecule has 340 valence electrons. The van der Waals surface area contributed by atoms with Crippen molar-refractivity contribution in [2.24, 2.45) is 0 Å². The van der Waals surface area contributed by atoms with Crippen molar-refractivity contribution in [2.45, 2.75) is 20.8 Å². The van der Waals surface area contributed by atoms with Crippen molar-refractivity contribution in [3.05, 3.63) is 241 Å². The summed E-state index contributed by atoms with van der Waals surface area (Å²) in [6, 6.07) is 80.9. The van der Waals surface area contributed by atoms with Gasteiger partial charge in [0, 0.05) is 54.9 Å². The van der Waals surface area contributed by atoms with E-state index >= 15 is 0 Å². The van der Waals surface area contributed by atoms with Crippen LogP contribution in [0.1, 0.15) is 16.7 Å². The molecule has 5 nitrogen and oxygen atoms in total. The summed E-state index contributed by atoms with van der Waals surface area (Å²) in [4.78, 5) is 10.6. The van der Waals surface area contributed by atoms with Crippen molar-refractivity contribution in [2.75, 3.05) is 0 Å². The molecule has 0 atom stereocenters. The summed E-state index contributed by atoms with van der Waals surface area (Å²) in [5.74, 6) is 0.646. The van der Waals surface area contributed by atoms with Crippen LogP contribution in [0, 0.1) is 20.8 Å². The molecule has 14 aromatic rings. The number of fused-ring (bicyclic) bond motifs is 9. The summed E-state index contributed by atoms with van der Waals surface area (Å²) in [5, 5.41) is 5.78. The van der Waals surface area contributed by atoms with Crippen LogP contribution < -0.4 is 0 Å². The Labute approximate surface area is 416 Å². The molecular weight excluding hydrogens is 877 g/mol. The largest absolute Gasteiger partial charge is 0.452 e. The zero-order chi connectivity index (χ0) is 48.0. The van der Waals surface area contributed by atoms with Gasteiger partial charge in [0.05, 0.1) is 27.8 Å². The van der Waals surface area contributed by atoms with E-state index in [0.717, 1.165) is 78.0 Å². The second-order valence-corrected chi connectivity index (χ2v) is 19.1. The first kappa shape index (κ1) is 41.6. The van der Waals surface area contributed by atoms with E-state index in [2.05, 4.69) is 218 Å². The van der Waals surface area contributed by atoms with E-state index < -0.39 is 0 Å². The van der Waals surface area contributed by atoms with Gasteiger partial charge in [0.1, 0.15) is 16.8 Å². The van der Waals surface area contributed by atoms with E-state index in [9.17, 15) is 0 Å². The van der Waals surface area contributed by atoms with Crippen LogP contribution in [0.25, 0.3) is 133 Å². The second-order valence-electron chi connectivity index (χ2n) is 19.1. The molecular formula is C67H46N4O. The van der Waals surface area contributed by atoms with Crippen molar-refractivity contribution in [3.8, 4) is 67.4 Å². The quantitative estimate of drug-likeness (QED) is 0.160. The van der Waals surface area contributed by atoms with Crippen LogP contribution in [0.4, 0.5) is 0 Å². The Morgan fingerprint density at radius 3 is 1.51 bits per heavy atom. The highest BCUT2D eigenvalue weighted by atomic mass is 16.3. The molecule has 0 saturated heterocycles. The maximum absolute atomic E-state index is 6.77. The monoisotopic (exact) mass is 922 g/mol. The Kier molecular flexibility index (Phi) is 9.48. The number of aryl methyl sites for hydroxylation is 3. The van der Waals surface area contributed by atoms with Crippen LogP contribution in [0.3, 0.4) is 0 Å². The predicted octanol–water partition coefficient (Wildman–Crippen LogP) is 17.8. The molecule has 0 spiro atoms. The lowest BCUT2D eigenvalue weighted by Crippen LogP contribution is -2.03. The third kappa shape index (κ3) is 6.55. The Morgan fingerprint density at radius 1 is 0.375 bits per heavy atom. The average molecular weight is 923 g/mol. The SMILES string of the molecule is Cc1cc(C)c(-c2ccc3c(c2)c2cc(-n4c5ccccc5c5ccccc54)ccc2n3-c2c(-c3ccccc3)cc(-c3nc(-c4ccccc4)nc4c3oc3ccccc34)cc2-c2ccccc2)c(C)c1. The second kappa shape index (κ2) is 16.4. The van der Waals surface area contributed by atoms with Gasteiger partial charge >= 0.3 is 0 Å². The van der Waals surface area contributed by atoms with E-state index in [1.807, 2.05) is 36.4 Å². The van der Waals surface area contributed by atoms with Crippen LogP contribution in [0.15, 0.2) is 229 Å². The summed E-state index contributed by atoms with van der Waals surface area (Å²) in [6.07, 6.45) is 0. The molecule has 0 unspecified atom stereocenters. The van der Waals surface area contributed by atoms with Crippen LogP contribution >= 0.6 is 0 Å². The van der Waals surface area contributed by atoms with Crippen LogP contribution in [0.2, 0.25) is 0 Å². The average Bonchev–Trinajstić information content (AvgIpc) is 4.08. The molecule has 4 aromatic heterocycles. The van der Waals surface area contributed by atoms with Crippen LogP contribution in [-0.2, 0) is 0 Å². The topological polar surface area (TPSA) is 48.8 Å². The Hall–Kier alpha value is -9.32. The Balaban J connectivity index is 1.11. The highest BCUT2D eigenvalue weighted by molar-refractivity contribution is 6.15. The van der Waals surface area contributed by atoms with Crippen molar-refractivity contribution >= 4 is 65.7 Å². The lowest BCUT2D eigenvalue weighted by Gasteiger charge is -2.21. The fourth-order valence-electron chi connectivity index (χ4n) is 11.6. The minimum atomic E-state index is 0.646. The normalized spacial score (nSPS) is 11.8. The van der Waals surface area contributed by atoms with Gasteiger partial charge in [0.25, 0.3) is 0 Å². The van der Waals surface area contributed by atoms with Crippen LogP contribution in [-0.4, -0.2) is 19.1 Å². The number of aromatic nitrogens is 4.